The van der Waals surface area contributed by atoms with Crippen LogP contribution in [0, 0.1) is 75.6 Å². The molecule has 4 aliphatic heterocycles. The molecule has 8 unspecified atom stereocenters. The van der Waals surface area contributed by atoms with Crippen LogP contribution in [-0.2, 0) is 136 Å². The summed E-state index contributed by atoms with van der Waals surface area (Å²) in [7, 11) is -69.9. The summed E-state index contributed by atoms with van der Waals surface area (Å²) in [5.74, 6) is -6.18. The van der Waals surface area contributed by atoms with Gasteiger partial charge < -0.3 is 142 Å². The standard InChI is InChI=1S/C17H22F2N5O14P3.C16H17FN3O13P3.C15H18F2N5O14P3.C13H16FN4O13P3/c1-5-16(18)12(25)17(19,6-34-40(30,31)38-41(32,33)37-39(27,28)29)35-13(16)24-8-22-9-10(20-7-21-11(9)24)23-14(26)36-15(2,3)4;1-4-10-6-20(12-11(10)9(3)18-8-19-12)14-15(22,5-2)13(21)16(17,31-14)7-30-35(26,27)33-36(28,29)32-34(23,24)25;1-3-14(16)11(23)15(17,5-33-38(28,29)36-39(30,31)35-37(25,26)27)34-12(14)22-7-20-8-9(18-6-19-10(8)22)21-13(24)32-4-2;1-3-12(20)10(19)13(14,4-28-33(24,25)31-34(26,27)30-32(21,22)23)29-11(12)18-6-17-8-7(2)15-5-16-9(8)18/h1,7-8,12-13,25H,6H2,2-4H3,(H,30,31)(H,32,33)(H2,27,28,29)(H,20,21,23,26);1-2,6,8,13-14,21-22H,7H2,3H3,(H,26,27)(H,28,29)(H2,23,24,25);1,6-7,11-12,23H,4-5H2,2H3,(H,28,29)(H,30,31)(H2,25,26,27)(H,18,19,21,24);1,5-6,10-11,19-20H,4H2,2H3,(H,24,25)(H,26,27)(H2,21,22,23)/t12-,13+,16+,17+;13-,14+,15+,16+;11-,12+,14+,15+;10-,11+,12+,13+/m0000/s1. The van der Waals surface area contributed by atoms with Gasteiger partial charge in [0, 0.05) is 6.20 Å². The third-order valence-corrected chi connectivity index (χ3v) is 33.7. The molecule has 4 saturated heterocycles. The van der Waals surface area contributed by atoms with Gasteiger partial charge in [-0.3, -0.25) is 42.4 Å². The number of terminal acetylenes is 5. The van der Waals surface area contributed by atoms with Crippen molar-refractivity contribution in [2.75, 3.05) is 43.7 Å². The van der Waals surface area contributed by atoms with E-state index in [-0.39, 0.29) is 62.9 Å². The smallest absolute Gasteiger partial charge is 0.450 e. The molecule has 828 valence electrons. The van der Waals surface area contributed by atoms with Crippen molar-refractivity contribution < 1.29 is 281 Å². The molecule has 89 heteroatoms. The van der Waals surface area contributed by atoms with Gasteiger partial charge in [-0.05, 0) is 41.5 Å². The molecule has 4 fully saturated rings. The number of phosphoric acid groups is 12. The second-order valence-corrected chi connectivity index (χ2v) is 48.1. The van der Waals surface area contributed by atoms with Crippen LogP contribution in [0.15, 0.2) is 50.5 Å². The number of aromatic nitrogens is 15. The first-order valence-corrected chi connectivity index (χ1v) is 56.5. The van der Waals surface area contributed by atoms with Crippen molar-refractivity contribution >= 4 is 162 Å². The maximum absolute atomic E-state index is 15.8. The van der Waals surface area contributed by atoms with Crippen molar-refractivity contribution in [1.29, 1.82) is 0 Å². The van der Waals surface area contributed by atoms with E-state index in [0.717, 1.165) is 53.4 Å². The van der Waals surface area contributed by atoms with Crippen LogP contribution in [0.25, 0.3) is 44.5 Å². The number of ether oxygens (including phenoxy) is 6. The molecule has 8 aromatic heterocycles. The number of halogens is 6. The summed E-state index contributed by atoms with van der Waals surface area (Å²) < 4.78 is 308. The molecule has 2 amide bonds. The molecule has 71 nitrogen and oxygen atoms in total. The minimum Gasteiger partial charge on any atom is -0.450 e. The van der Waals surface area contributed by atoms with E-state index in [4.69, 9.17) is 105 Å². The minimum atomic E-state index is -5.97. The summed E-state index contributed by atoms with van der Waals surface area (Å²) in [6, 6.07) is 0. The Morgan fingerprint density at radius 1 is 0.393 bits per heavy atom. The Kier molecular flexibility index (Phi) is 37.1. The average Bonchev–Trinajstić information content (AvgIpc) is 1.58. The predicted molar refractivity (Wildman–Crippen MR) is 463 cm³/mol. The van der Waals surface area contributed by atoms with Gasteiger partial charge in [0.1, 0.15) is 68.5 Å². The second-order valence-electron chi connectivity index (χ2n) is 30.5. The number of rotatable bonds is 35. The van der Waals surface area contributed by atoms with Gasteiger partial charge >= 0.3 is 106 Å². The van der Waals surface area contributed by atoms with E-state index < -0.39 is 233 Å². The molecule has 8 aromatic rings. The number of alkyl halides is 6. The fourth-order valence-electron chi connectivity index (χ4n) is 12.7. The summed E-state index contributed by atoms with van der Waals surface area (Å²) in [4.78, 5) is 210. The van der Waals surface area contributed by atoms with Crippen molar-refractivity contribution in [1.82, 2.24) is 73.1 Å². The zero-order chi connectivity index (χ0) is 114. The van der Waals surface area contributed by atoms with Crippen LogP contribution in [0.5, 0.6) is 0 Å². The lowest BCUT2D eigenvalue weighted by atomic mass is 9.94. The SMILES string of the molecule is C#C[C@]1(F)[C@H](n2cnc3c(NC(=O)OC(C)(C)C)ncnc32)O[C@](F)(COP(=O)(O)OP(=O)(O)OP(=O)(O)O)[C@H]1O.C#C[C@]1(F)[C@H](n2cnc3c(NC(=O)OCC)ncnc32)O[C@](F)(COP(=O)(O)OP(=O)(O)OP(=O)(O)O)[C@H]1O.C#C[C@]1(O)[C@H](n2cnc3c(C)ncnc32)O[C@](F)(COP(=O)(O)OP(=O)(O)OP(=O)(O)O)[C@H]1O.C#Cc1cn([C@@H]2O[C@](F)(COP(=O)(O)OP(=O)(O)OP(=O)(O)O)[C@@H](O)[C@]2(O)C#C)c2ncnc(C)c12. The Bertz CT molecular complexity index is 7390. The number of aryl methyl sites for hydroxylation is 2. The van der Waals surface area contributed by atoms with Gasteiger partial charge in [0.05, 0.1) is 47.9 Å². The van der Waals surface area contributed by atoms with E-state index in [9.17, 15) is 129 Å². The molecule has 24 atom stereocenters. The zero-order valence-electron chi connectivity index (χ0n) is 74.4. The number of aliphatic hydroxyl groups is 6. The topological polar surface area (TPSA) is 1040 Å². The van der Waals surface area contributed by atoms with E-state index in [0.29, 0.717) is 25.9 Å². The summed E-state index contributed by atoms with van der Waals surface area (Å²) in [5.41, 5.74) is -13.2. The highest BCUT2D eigenvalue weighted by Crippen LogP contribution is 2.71. The van der Waals surface area contributed by atoms with Gasteiger partial charge in [-0.25, -0.2) is 146 Å². The predicted octanol–water partition coefficient (Wildman–Crippen LogP) is 1.43. The number of anilines is 2. The largest absolute Gasteiger partial charge is 0.490 e. The molecule has 12 heterocycles. The first-order valence-electron chi connectivity index (χ1n) is 38.5. The van der Waals surface area contributed by atoms with Crippen molar-refractivity contribution in [3.05, 3.63) is 67.4 Å². The lowest BCUT2D eigenvalue weighted by Gasteiger charge is -2.27. The average molecular weight is 2390 g/mol. The van der Waals surface area contributed by atoms with Gasteiger partial charge in [0.2, 0.25) is 22.5 Å². The van der Waals surface area contributed by atoms with E-state index in [1.807, 2.05) is 0 Å². The molecule has 0 spiro atoms. The van der Waals surface area contributed by atoms with Crippen LogP contribution in [-0.4, -0.2) is 303 Å². The third-order valence-electron chi connectivity index (χ3n) is 18.6. The number of nitrogens with zero attached hydrogens (tertiary/aromatic N) is 15. The summed E-state index contributed by atoms with van der Waals surface area (Å²) in [6.45, 7) is 2.18. The number of phosphoric ester groups is 4. The number of hydrogen-bond acceptors (Lipinski definition) is 49. The van der Waals surface area contributed by atoms with Crippen LogP contribution in [0.3, 0.4) is 0 Å². The number of carbonyl (C=O) groups excluding carboxylic acids is 2. The Balaban J connectivity index is 0.000000222. The van der Waals surface area contributed by atoms with E-state index >= 15 is 26.3 Å². The van der Waals surface area contributed by atoms with Crippen LogP contribution in [0.1, 0.15) is 69.6 Å². The molecule has 4 aliphatic rings. The first kappa shape index (κ1) is 125. The quantitative estimate of drug-likeness (QED) is 0.0152. The maximum atomic E-state index is 15.8. The highest BCUT2D eigenvalue weighted by atomic mass is 31.3. The lowest BCUT2D eigenvalue weighted by molar-refractivity contribution is -0.203. The molecule has 150 heavy (non-hydrogen) atoms. The van der Waals surface area contributed by atoms with Gasteiger partial charge in [-0.1, -0.05) is 29.6 Å². The molecule has 0 aromatic carbocycles. The van der Waals surface area contributed by atoms with Gasteiger partial charge in [-0.15, -0.1) is 32.1 Å². The number of fused-ring (bicyclic) bond motifs is 4. The van der Waals surface area contributed by atoms with E-state index in [2.05, 4.69) is 124 Å². The van der Waals surface area contributed by atoms with Gasteiger partial charge in [-0.2, -0.15) is 34.5 Å². The molecule has 0 bridgehead atoms. The number of nitrogens with one attached hydrogen (secondary N) is 2. The van der Waals surface area contributed by atoms with E-state index in [1.54, 1.807) is 46.5 Å². The fourth-order valence-corrected chi connectivity index (χ4v) is 24.9. The molecule has 0 radical (unpaired) electrons. The number of imidazole rings is 3. The molecule has 0 saturated carbocycles. The Morgan fingerprint density at radius 3 is 0.993 bits per heavy atom. The number of amides is 2. The Hall–Kier alpha value is -8.57. The van der Waals surface area contributed by atoms with Gasteiger partial charge in [0.15, 0.2) is 88.9 Å². The highest BCUT2D eigenvalue weighted by molar-refractivity contribution is 7.68. The van der Waals surface area contributed by atoms with Crippen LogP contribution < -0.4 is 10.6 Å². The normalized spacial score (nSPS) is 29.3. The second kappa shape index (κ2) is 44.6. The highest BCUT2D eigenvalue weighted by Gasteiger charge is 2.71. The number of carbonyl (C=O) groups is 2. The zero-order valence-corrected chi connectivity index (χ0v) is 85.1. The first-order chi connectivity index (χ1) is 68.2. The number of aliphatic hydroxyl groups excluding tert-OH is 4. The molecule has 12 rings (SSSR count). The summed E-state index contributed by atoms with van der Waals surface area (Å²) in [6.07, 6.45) is 12.8. The Labute approximate surface area is 828 Å². The van der Waals surface area contributed by atoms with Crippen LogP contribution in [0.4, 0.5) is 47.6 Å². The van der Waals surface area contributed by atoms with Crippen molar-refractivity contribution in [2.24, 2.45) is 0 Å². The minimum absolute atomic E-state index is 0.00780. The van der Waals surface area contributed by atoms with Crippen LogP contribution in [0.2, 0.25) is 0 Å². The molecular weight excluding hydrogens is 2320 g/mol. The fraction of sp³-hybridized carbons (Fsp3) is 0.459. The monoisotopic (exact) mass is 2390 g/mol. The van der Waals surface area contributed by atoms with Crippen molar-refractivity contribution in [3.63, 3.8) is 0 Å². The molecule has 0 aliphatic carbocycles. The molecular formula is C61H73F6N17O54P12. The van der Waals surface area contributed by atoms with Crippen LogP contribution >= 0.6 is 93.9 Å². The Morgan fingerprint density at radius 2 is 0.680 bits per heavy atom. The van der Waals surface area contributed by atoms with E-state index in [1.165, 1.54) is 25.0 Å². The summed E-state index contributed by atoms with van der Waals surface area (Å²) in [5, 5.41) is 68.1. The summed E-state index contributed by atoms with van der Waals surface area (Å²) >= 11 is 0. The molecule has 24 N–H and O–H groups in total. The lowest BCUT2D eigenvalue weighted by Crippen LogP contribution is -2.50. The number of hydrogen-bond donors (Lipinski definition) is 24. The van der Waals surface area contributed by atoms with Gasteiger partial charge in [0.25, 0.3) is 23.4 Å². The maximum Gasteiger partial charge on any atom is 0.490 e. The third kappa shape index (κ3) is 29.6. The van der Waals surface area contributed by atoms with Crippen molar-refractivity contribution in [3.8, 4) is 61.7 Å². The van der Waals surface area contributed by atoms with Crippen molar-refractivity contribution in [2.45, 2.75) is 142 Å².